The Labute approximate surface area is 154 Å². The zero-order chi connectivity index (χ0) is 16.8. The zero-order valence-electron chi connectivity index (χ0n) is 14.0. The second-order valence-corrected chi connectivity index (χ2v) is 6.16. The van der Waals surface area contributed by atoms with Crippen LogP contribution >= 0.6 is 12.4 Å². The fourth-order valence-corrected chi connectivity index (χ4v) is 3.05. The largest absolute Gasteiger partial charge is 0.352 e. The van der Waals surface area contributed by atoms with Gasteiger partial charge in [0, 0.05) is 17.7 Å². The number of ketones is 1. The number of hydrogen-bond acceptors (Lipinski definition) is 3. The van der Waals surface area contributed by atoms with E-state index in [0.717, 1.165) is 25.9 Å². The molecule has 0 aliphatic carbocycles. The number of nitrogens with one attached hydrogen (secondary N) is 2. The smallest absolute Gasteiger partial charge is 0.252 e. The van der Waals surface area contributed by atoms with Crippen LogP contribution in [0.1, 0.15) is 39.1 Å². The lowest BCUT2D eigenvalue weighted by Crippen LogP contribution is -2.38. The van der Waals surface area contributed by atoms with Crippen LogP contribution in [-0.4, -0.2) is 31.3 Å². The van der Waals surface area contributed by atoms with Gasteiger partial charge >= 0.3 is 0 Å². The normalized spacial score (nSPS) is 16.6. The number of hydrogen-bond donors (Lipinski definition) is 2. The molecule has 1 saturated heterocycles. The van der Waals surface area contributed by atoms with E-state index in [1.807, 2.05) is 18.2 Å². The lowest BCUT2D eigenvalue weighted by atomic mass is 9.97. The number of piperidine rings is 1. The summed E-state index contributed by atoms with van der Waals surface area (Å²) in [6.45, 7) is 2.63. The van der Waals surface area contributed by atoms with Gasteiger partial charge in [0.1, 0.15) is 0 Å². The summed E-state index contributed by atoms with van der Waals surface area (Å²) in [6, 6.07) is 16.1. The standard InChI is InChI=1S/C20H22N2O2.ClH/c23-19(16-8-2-1-3-9-16)17-10-4-5-11-18(17)20(24)22-14-15-7-6-12-21-13-15;/h1-5,8-11,15,21H,6-7,12-14H2,(H,22,24);1H. The first kappa shape index (κ1) is 19.2. The molecule has 2 aromatic carbocycles. The Morgan fingerprint density at radius 1 is 1.00 bits per heavy atom. The van der Waals surface area contributed by atoms with Crippen molar-refractivity contribution in [3.8, 4) is 0 Å². The van der Waals surface area contributed by atoms with Gasteiger partial charge in [0.25, 0.3) is 5.91 Å². The highest BCUT2D eigenvalue weighted by atomic mass is 35.5. The van der Waals surface area contributed by atoms with Gasteiger partial charge in [0.2, 0.25) is 0 Å². The van der Waals surface area contributed by atoms with Crippen molar-refractivity contribution in [3.63, 3.8) is 0 Å². The third-order valence-electron chi connectivity index (χ3n) is 4.40. The average Bonchev–Trinajstić information content (AvgIpc) is 2.67. The highest BCUT2D eigenvalue weighted by Crippen LogP contribution is 2.15. The minimum absolute atomic E-state index is 0. The first-order valence-electron chi connectivity index (χ1n) is 8.43. The molecule has 1 aliphatic rings. The van der Waals surface area contributed by atoms with Gasteiger partial charge in [-0.3, -0.25) is 9.59 Å². The van der Waals surface area contributed by atoms with E-state index in [9.17, 15) is 9.59 Å². The van der Waals surface area contributed by atoms with E-state index >= 15 is 0 Å². The summed E-state index contributed by atoms with van der Waals surface area (Å²) in [5.74, 6) is 0.154. The van der Waals surface area contributed by atoms with Gasteiger partial charge in [-0.1, -0.05) is 48.5 Å². The van der Waals surface area contributed by atoms with Crippen LogP contribution in [0.5, 0.6) is 0 Å². The maximum Gasteiger partial charge on any atom is 0.252 e. The molecular formula is C20H23ClN2O2. The van der Waals surface area contributed by atoms with Gasteiger partial charge in [0.15, 0.2) is 5.78 Å². The van der Waals surface area contributed by atoms with Crippen molar-refractivity contribution in [2.75, 3.05) is 19.6 Å². The Morgan fingerprint density at radius 2 is 1.68 bits per heavy atom. The van der Waals surface area contributed by atoms with E-state index in [1.165, 1.54) is 0 Å². The first-order chi connectivity index (χ1) is 11.8. The van der Waals surface area contributed by atoms with Crippen LogP contribution in [0.2, 0.25) is 0 Å². The summed E-state index contributed by atoms with van der Waals surface area (Å²) >= 11 is 0. The predicted molar refractivity (Wildman–Crippen MR) is 101 cm³/mol. The Kier molecular flexibility index (Phi) is 7.16. The van der Waals surface area contributed by atoms with E-state index in [1.54, 1.807) is 36.4 Å². The number of benzene rings is 2. The third kappa shape index (κ3) is 4.91. The molecule has 1 aliphatic heterocycles. The summed E-state index contributed by atoms with van der Waals surface area (Å²) in [7, 11) is 0. The molecule has 5 heteroatoms. The SMILES string of the molecule is Cl.O=C(NCC1CCCNC1)c1ccccc1C(=O)c1ccccc1. The number of amides is 1. The first-order valence-corrected chi connectivity index (χ1v) is 8.43. The molecule has 0 aromatic heterocycles. The molecule has 132 valence electrons. The zero-order valence-corrected chi connectivity index (χ0v) is 14.9. The quantitative estimate of drug-likeness (QED) is 0.807. The van der Waals surface area contributed by atoms with E-state index in [-0.39, 0.29) is 24.1 Å². The van der Waals surface area contributed by atoms with Crippen LogP contribution < -0.4 is 10.6 Å². The van der Waals surface area contributed by atoms with Crippen LogP contribution in [0.3, 0.4) is 0 Å². The van der Waals surface area contributed by atoms with Gasteiger partial charge in [-0.25, -0.2) is 0 Å². The van der Waals surface area contributed by atoms with Crippen molar-refractivity contribution in [3.05, 3.63) is 71.3 Å². The summed E-state index contributed by atoms with van der Waals surface area (Å²) in [5, 5.41) is 6.33. The molecule has 0 saturated carbocycles. The second kappa shape index (κ2) is 9.35. The molecular weight excluding hydrogens is 336 g/mol. The molecule has 4 nitrogen and oxygen atoms in total. The van der Waals surface area contributed by atoms with Crippen LogP contribution in [-0.2, 0) is 0 Å². The van der Waals surface area contributed by atoms with Crippen LogP contribution in [0, 0.1) is 5.92 Å². The topological polar surface area (TPSA) is 58.2 Å². The molecule has 1 heterocycles. The number of carbonyl (C=O) groups is 2. The van der Waals surface area contributed by atoms with Crippen molar-refractivity contribution in [1.82, 2.24) is 10.6 Å². The van der Waals surface area contributed by atoms with E-state index in [0.29, 0.717) is 29.2 Å². The highest BCUT2D eigenvalue weighted by Gasteiger charge is 2.19. The Hall–Kier alpha value is -2.17. The highest BCUT2D eigenvalue weighted by molar-refractivity contribution is 6.15. The molecule has 3 rings (SSSR count). The fourth-order valence-electron chi connectivity index (χ4n) is 3.05. The van der Waals surface area contributed by atoms with E-state index in [4.69, 9.17) is 0 Å². The second-order valence-electron chi connectivity index (χ2n) is 6.16. The van der Waals surface area contributed by atoms with Gasteiger partial charge in [0.05, 0.1) is 5.56 Å². The molecule has 0 bridgehead atoms. The summed E-state index contributed by atoms with van der Waals surface area (Å²) in [6.07, 6.45) is 2.27. The monoisotopic (exact) mass is 358 g/mol. The molecule has 0 radical (unpaired) electrons. The number of halogens is 1. The predicted octanol–water partition coefficient (Wildman–Crippen LogP) is 3.07. The van der Waals surface area contributed by atoms with E-state index < -0.39 is 0 Å². The van der Waals surface area contributed by atoms with Crippen molar-refractivity contribution in [2.24, 2.45) is 5.92 Å². The van der Waals surface area contributed by atoms with Crippen molar-refractivity contribution in [1.29, 1.82) is 0 Å². The molecule has 1 amide bonds. The third-order valence-corrected chi connectivity index (χ3v) is 4.40. The summed E-state index contributed by atoms with van der Waals surface area (Å²) < 4.78 is 0. The molecule has 1 fully saturated rings. The van der Waals surface area contributed by atoms with Gasteiger partial charge in [-0.15, -0.1) is 12.4 Å². The van der Waals surface area contributed by atoms with Crippen molar-refractivity contribution in [2.45, 2.75) is 12.8 Å². The van der Waals surface area contributed by atoms with Crippen LogP contribution in [0.25, 0.3) is 0 Å². The molecule has 1 atom stereocenters. The lowest BCUT2D eigenvalue weighted by molar-refractivity contribution is 0.0934. The number of carbonyl (C=O) groups excluding carboxylic acids is 2. The molecule has 2 N–H and O–H groups in total. The lowest BCUT2D eigenvalue weighted by Gasteiger charge is -2.23. The minimum Gasteiger partial charge on any atom is -0.352 e. The van der Waals surface area contributed by atoms with Crippen LogP contribution in [0.4, 0.5) is 0 Å². The van der Waals surface area contributed by atoms with Gasteiger partial charge in [-0.2, -0.15) is 0 Å². The minimum atomic E-state index is -0.180. The molecule has 1 unspecified atom stereocenters. The maximum atomic E-state index is 12.7. The fraction of sp³-hybridized carbons (Fsp3) is 0.300. The Bertz CT molecular complexity index is 713. The maximum absolute atomic E-state index is 12.7. The van der Waals surface area contributed by atoms with Crippen molar-refractivity contribution >= 4 is 24.1 Å². The van der Waals surface area contributed by atoms with Gasteiger partial charge in [-0.05, 0) is 37.9 Å². The van der Waals surface area contributed by atoms with Crippen LogP contribution in [0.15, 0.2) is 54.6 Å². The number of rotatable bonds is 5. The summed E-state index contributed by atoms with van der Waals surface area (Å²) in [5.41, 5.74) is 1.48. The van der Waals surface area contributed by atoms with Gasteiger partial charge < -0.3 is 10.6 Å². The average molecular weight is 359 g/mol. The summed E-state index contributed by atoms with van der Waals surface area (Å²) in [4.78, 5) is 25.2. The van der Waals surface area contributed by atoms with E-state index in [2.05, 4.69) is 10.6 Å². The Morgan fingerprint density at radius 3 is 2.36 bits per heavy atom. The van der Waals surface area contributed by atoms with Crippen molar-refractivity contribution < 1.29 is 9.59 Å². The molecule has 0 spiro atoms. The molecule has 2 aromatic rings. The Balaban J connectivity index is 0.00000225. The molecule has 25 heavy (non-hydrogen) atoms.